The van der Waals surface area contributed by atoms with Crippen LogP contribution in [0.15, 0.2) is 65.6 Å². The number of nitrogens with zero attached hydrogens (tertiary/aromatic N) is 1. The first-order chi connectivity index (χ1) is 19.0. The van der Waals surface area contributed by atoms with Gasteiger partial charge in [0.2, 0.25) is 18.1 Å². The summed E-state index contributed by atoms with van der Waals surface area (Å²) in [6.07, 6.45) is 1.41. The van der Waals surface area contributed by atoms with E-state index in [1.165, 1.54) is 6.20 Å². The SMILES string of the molecule is CCOc1ccc(C(=O)c2cn(CC(=O)Nc3ccc4c(c3)OCCO4)c3cc4c(cc3c2=O)OCO4)cc1. The molecule has 4 aromatic rings. The molecule has 0 atom stereocenters. The van der Waals surface area contributed by atoms with Crippen molar-refractivity contribution in [2.24, 2.45) is 0 Å². The Morgan fingerprint density at radius 2 is 1.62 bits per heavy atom. The molecule has 0 radical (unpaired) electrons. The molecule has 3 aromatic carbocycles. The molecular weight excluding hydrogens is 504 g/mol. The largest absolute Gasteiger partial charge is 0.494 e. The minimum atomic E-state index is -0.469. The van der Waals surface area contributed by atoms with E-state index in [2.05, 4.69) is 5.32 Å². The number of carbonyl (C=O) groups is 2. The highest BCUT2D eigenvalue weighted by atomic mass is 16.7. The lowest BCUT2D eigenvalue weighted by Crippen LogP contribution is -2.24. The van der Waals surface area contributed by atoms with Crippen molar-refractivity contribution in [2.75, 3.05) is 31.9 Å². The van der Waals surface area contributed by atoms with Gasteiger partial charge in [0.1, 0.15) is 25.5 Å². The lowest BCUT2D eigenvalue weighted by atomic mass is 10.0. The number of hydrogen-bond donors (Lipinski definition) is 1. The molecule has 0 aliphatic carbocycles. The van der Waals surface area contributed by atoms with Gasteiger partial charge in [-0.2, -0.15) is 0 Å². The summed E-state index contributed by atoms with van der Waals surface area (Å²) in [5, 5.41) is 3.08. The summed E-state index contributed by atoms with van der Waals surface area (Å²) in [7, 11) is 0. The fraction of sp³-hybridized carbons (Fsp3) is 0.207. The first-order valence-corrected chi connectivity index (χ1v) is 12.4. The number of pyridine rings is 1. The fourth-order valence-electron chi connectivity index (χ4n) is 4.57. The first-order valence-electron chi connectivity index (χ1n) is 12.4. The summed E-state index contributed by atoms with van der Waals surface area (Å²) in [4.78, 5) is 40.1. The molecule has 0 bridgehead atoms. The van der Waals surface area contributed by atoms with Gasteiger partial charge in [0.15, 0.2) is 28.8 Å². The molecule has 0 saturated heterocycles. The van der Waals surface area contributed by atoms with Gasteiger partial charge in [-0.15, -0.1) is 0 Å². The van der Waals surface area contributed by atoms with Crippen LogP contribution in [0.5, 0.6) is 28.7 Å². The molecule has 3 heterocycles. The van der Waals surface area contributed by atoms with Crippen molar-refractivity contribution >= 4 is 28.3 Å². The predicted molar refractivity (Wildman–Crippen MR) is 141 cm³/mol. The van der Waals surface area contributed by atoms with E-state index in [9.17, 15) is 14.4 Å². The van der Waals surface area contributed by atoms with Crippen LogP contribution >= 0.6 is 0 Å². The maximum Gasteiger partial charge on any atom is 0.244 e. The highest BCUT2D eigenvalue weighted by molar-refractivity contribution is 6.10. The number of amides is 1. The molecule has 198 valence electrons. The number of ketones is 1. The summed E-state index contributed by atoms with van der Waals surface area (Å²) >= 11 is 0. The van der Waals surface area contributed by atoms with Gasteiger partial charge in [-0.3, -0.25) is 14.4 Å². The van der Waals surface area contributed by atoms with E-state index >= 15 is 0 Å². The molecule has 0 saturated carbocycles. The Balaban J connectivity index is 1.36. The van der Waals surface area contributed by atoms with Crippen molar-refractivity contribution in [3.63, 3.8) is 0 Å². The number of benzene rings is 3. The second kappa shape index (κ2) is 10.1. The number of fused-ring (bicyclic) bond motifs is 3. The molecule has 0 fully saturated rings. The Hall–Kier alpha value is -4.99. The van der Waals surface area contributed by atoms with Crippen molar-refractivity contribution < 1.29 is 33.3 Å². The molecule has 1 N–H and O–H groups in total. The zero-order valence-corrected chi connectivity index (χ0v) is 21.0. The third-order valence-electron chi connectivity index (χ3n) is 6.39. The molecule has 6 rings (SSSR count). The van der Waals surface area contributed by atoms with Crippen LogP contribution in [-0.4, -0.2) is 42.9 Å². The topological polar surface area (TPSA) is 114 Å². The van der Waals surface area contributed by atoms with E-state index in [4.69, 9.17) is 23.7 Å². The smallest absolute Gasteiger partial charge is 0.244 e. The van der Waals surface area contributed by atoms with Gasteiger partial charge in [-0.25, -0.2) is 0 Å². The Kier molecular flexibility index (Phi) is 6.28. The van der Waals surface area contributed by atoms with Crippen molar-refractivity contribution in [1.82, 2.24) is 4.57 Å². The highest BCUT2D eigenvalue weighted by Crippen LogP contribution is 2.36. The molecule has 10 heteroatoms. The van der Waals surface area contributed by atoms with Crippen LogP contribution in [0.3, 0.4) is 0 Å². The van der Waals surface area contributed by atoms with Gasteiger partial charge in [0.05, 0.1) is 23.1 Å². The monoisotopic (exact) mass is 528 g/mol. The van der Waals surface area contributed by atoms with Crippen molar-refractivity contribution in [1.29, 1.82) is 0 Å². The number of hydrogen-bond acceptors (Lipinski definition) is 8. The van der Waals surface area contributed by atoms with Crippen LogP contribution in [0.2, 0.25) is 0 Å². The zero-order valence-electron chi connectivity index (χ0n) is 21.0. The third-order valence-corrected chi connectivity index (χ3v) is 6.39. The van der Waals surface area contributed by atoms with Crippen molar-refractivity contribution in [2.45, 2.75) is 13.5 Å². The van der Waals surface area contributed by atoms with Crippen molar-refractivity contribution in [3.05, 3.63) is 82.1 Å². The maximum atomic E-state index is 13.5. The van der Waals surface area contributed by atoms with Gasteiger partial charge in [0.25, 0.3) is 0 Å². The van der Waals surface area contributed by atoms with Gasteiger partial charge >= 0.3 is 0 Å². The lowest BCUT2D eigenvalue weighted by molar-refractivity contribution is -0.116. The number of nitrogens with one attached hydrogen (secondary N) is 1. The van der Waals surface area contributed by atoms with Crippen molar-refractivity contribution in [3.8, 4) is 28.7 Å². The molecule has 39 heavy (non-hydrogen) atoms. The van der Waals surface area contributed by atoms with E-state index in [-0.39, 0.29) is 30.2 Å². The van der Waals surface area contributed by atoms with E-state index in [0.717, 1.165) is 0 Å². The first kappa shape index (κ1) is 24.4. The van der Waals surface area contributed by atoms with Gasteiger partial charge in [0, 0.05) is 29.6 Å². The Morgan fingerprint density at radius 1 is 0.897 bits per heavy atom. The second-order valence-electron chi connectivity index (χ2n) is 8.92. The summed E-state index contributed by atoms with van der Waals surface area (Å²) < 4.78 is 29.1. The van der Waals surface area contributed by atoms with Crippen LogP contribution in [0.4, 0.5) is 5.69 Å². The number of anilines is 1. The number of ether oxygens (including phenoxy) is 5. The molecule has 2 aliphatic rings. The fourth-order valence-corrected chi connectivity index (χ4v) is 4.57. The zero-order chi connectivity index (χ0) is 26.9. The third kappa shape index (κ3) is 4.72. The molecule has 1 aromatic heterocycles. The molecule has 2 aliphatic heterocycles. The van der Waals surface area contributed by atoms with Crippen LogP contribution in [0.25, 0.3) is 10.9 Å². The average molecular weight is 529 g/mol. The maximum absolute atomic E-state index is 13.5. The summed E-state index contributed by atoms with van der Waals surface area (Å²) in [6.45, 7) is 3.10. The minimum Gasteiger partial charge on any atom is -0.494 e. The molecule has 0 spiro atoms. The normalized spacial score (nSPS) is 13.3. The second-order valence-corrected chi connectivity index (χ2v) is 8.92. The Labute approximate surface area is 222 Å². The van der Waals surface area contributed by atoms with E-state index in [1.807, 2.05) is 6.92 Å². The number of rotatable bonds is 7. The summed E-state index contributed by atoms with van der Waals surface area (Å²) in [5.74, 6) is 1.79. The highest BCUT2D eigenvalue weighted by Gasteiger charge is 2.23. The number of aromatic nitrogens is 1. The van der Waals surface area contributed by atoms with E-state index in [1.54, 1.807) is 59.2 Å². The summed E-state index contributed by atoms with van der Waals surface area (Å²) in [6, 6.07) is 14.9. The van der Waals surface area contributed by atoms with Gasteiger partial charge in [-0.05, 0) is 49.4 Å². The summed E-state index contributed by atoms with van der Waals surface area (Å²) in [5.41, 5.74) is 0.744. The minimum absolute atomic E-state index is 0.0163. The van der Waals surface area contributed by atoms with Gasteiger partial charge in [-0.1, -0.05) is 0 Å². The average Bonchev–Trinajstić information content (AvgIpc) is 3.41. The van der Waals surface area contributed by atoms with Crippen LogP contribution in [0.1, 0.15) is 22.8 Å². The number of carbonyl (C=O) groups excluding carboxylic acids is 2. The van der Waals surface area contributed by atoms with Crippen LogP contribution in [0, 0.1) is 0 Å². The Morgan fingerprint density at radius 3 is 2.38 bits per heavy atom. The van der Waals surface area contributed by atoms with Crippen LogP contribution in [-0.2, 0) is 11.3 Å². The quantitative estimate of drug-likeness (QED) is 0.361. The standard InChI is InChI=1S/C29H24N2O8/c1-2-35-19-6-3-17(4-7-19)28(33)21-14-31(22-13-26-25(38-16-39-26)12-20(22)29(21)34)15-27(32)30-18-5-8-23-24(11-18)37-10-9-36-23/h3-8,11-14H,2,9-10,15-16H2,1H3,(H,30,32). The van der Waals surface area contributed by atoms with Crippen LogP contribution < -0.4 is 34.4 Å². The Bertz CT molecular complexity index is 1660. The molecule has 0 unspecified atom stereocenters. The molecule has 1 amide bonds. The van der Waals surface area contributed by atoms with E-state index < -0.39 is 11.2 Å². The lowest BCUT2D eigenvalue weighted by Gasteiger charge is -2.19. The van der Waals surface area contributed by atoms with E-state index in [0.29, 0.717) is 65.3 Å². The van der Waals surface area contributed by atoms with Gasteiger partial charge < -0.3 is 33.6 Å². The molecule has 10 nitrogen and oxygen atoms in total. The predicted octanol–water partition coefficient (Wildman–Crippen LogP) is 3.77. The molecular formula is C29H24N2O8.